The smallest absolute Gasteiger partial charge is 0.340 e. The highest BCUT2D eigenvalue weighted by atomic mass is 16.9. The van der Waals surface area contributed by atoms with Gasteiger partial charge in [0.2, 0.25) is 0 Å². The standard InChI is InChI=1S/C9H18O5/c1-10-8(11-2)6-5-7-14-9(8,12-3)13-4/h5-7H2,1-4H3. The van der Waals surface area contributed by atoms with Crippen LogP contribution in [0.1, 0.15) is 12.8 Å². The quantitative estimate of drug-likeness (QED) is 0.635. The van der Waals surface area contributed by atoms with E-state index in [-0.39, 0.29) is 0 Å². The molecular weight excluding hydrogens is 188 g/mol. The van der Waals surface area contributed by atoms with Crippen LogP contribution in [0, 0.1) is 0 Å². The van der Waals surface area contributed by atoms with Crippen LogP contribution in [0.25, 0.3) is 0 Å². The van der Waals surface area contributed by atoms with E-state index in [1.54, 1.807) is 14.2 Å². The van der Waals surface area contributed by atoms with Gasteiger partial charge in [-0.2, -0.15) is 0 Å². The van der Waals surface area contributed by atoms with Crippen molar-refractivity contribution in [2.45, 2.75) is 24.6 Å². The van der Waals surface area contributed by atoms with Crippen molar-refractivity contribution >= 4 is 0 Å². The zero-order valence-corrected chi connectivity index (χ0v) is 9.16. The fourth-order valence-corrected chi connectivity index (χ4v) is 1.82. The largest absolute Gasteiger partial charge is 0.347 e. The van der Waals surface area contributed by atoms with Gasteiger partial charge in [0, 0.05) is 34.9 Å². The molecule has 0 spiro atoms. The van der Waals surface area contributed by atoms with Crippen LogP contribution in [0.3, 0.4) is 0 Å². The first-order valence-corrected chi connectivity index (χ1v) is 4.55. The van der Waals surface area contributed by atoms with Crippen LogP contribution in [-0.4, -0.2) is 46.8 Å². The van der Waals surface area contributed by atoms with Crippen LogP contribution in [0.2, 0.25) is 0 Å². The average Bonchev–Trinajstić information content (AvgIpc) is 2.28. The van der Waals surface area contributed by atoms with Crippen LogP contribution in [0.4, 0.5) is 0 Å². The van der Waals surface area contributed by atoms with Crippen molar-refractivity contribution in [3.63, 3.8) is 0 Å². The zero-order chi connectivity index (χ0) is 10.7. The molecule has 1 rings (SSSR count). The molecule has 0 aromatic rings. The van der Waals surface area contributed by atoms with Gasteiger partial charge in [-0.05, 0) is 6.42 Å². The molecule has 1 aliphatic rings. The van der Waals surface area contributed by atoms with Crippen molar-refractivity contribution in [2.75, 3.05) is 35.0 Å². The number of methoxy groups -OCH3 is 4. The van der Waals surface area contributed by atoms with Gasteiger partial charge in [-0.25, -0.2) is 0 Å². The SMILES string of the molecule is COC1(OC)CCCOC1(OC)OC. The van der Waals surface area contributed by atoms with Crippen molar-refractivity contribution < 1.29 is 23.7 Å². The van der Waals surface area contributed by atoms with E-state index in [1.807, 2.05) is 0 Å². The summed E-state index contributed by atoms with van der Waals surface area (Å²) in [7, 11) is 6.10. The monoisotopic (exact) mass is 206 g/mol. The van der Waals surface area contributed by atoms with Gasteiger partial charge in [0.15, 0.2) is 0 Å². The lowest BCUT2D eigenvalue weighted by Crippen LogP contribution is -2.63. The number of rotatable bonds is 4. The lowest BCUT2D eigenvalue weighted by atomic mass is 10.1. The predicted octanol–water partition coefficient (Wildman–Crippen LogP) is 0.732. The first-order valence-electron chi connectivity index (χ1n) is 4.55. The topological polar surface area (TPSA) is 46.2 Å². The summed E-state index contributed by atoms with van der Waals surface area (Å²) < 4.78 is 26.6. The Morgan fingerprint density at radius 1 is 0.929 bits per heavy atom. The second-order valence-electron chi connectivity index (χ2n) is 3.08. The highest BCUT2D eigenvalue weighted by molar-refractivity contribution is 4.84. The highest BCUT2D eigenvalue weighted by Crippen LogP contribution is 2.39. The molecule has 0 aromatic carbocycles. The normalized spacial score (nSPS) is 24.9. The van der Waals surface area contributed by atoms with Gasteiger partial charge in [-0.1, -0.05) is 0 Å². The maximum absolute atomic E-state index is 5.47. The fourth-order valence-electron chi connectivity index (χ4n) is 1.82. The molecule has 0 atom stereocenters. The minimum absolute atomic E-state index is 0.566. The summed E-state index contributed by atoms with van der Waals surface area (Å²) in [6.07, 6.45) is 1.51. The van der Waals surface area contributed by atoms with Crippen LogP contribution in [-0.2, 0) is 23.7 Å². The number of hydrogen-bond acceptors (Lipinski definition) is 5. The van der Waals surface area contributed by atoms with Crippen LogP contribution in [0.5, 0.6) is 0 Å². The van der Waals surface area contributed by atoms with E-state index in [0.29, 0.717) is 13.0 Å². The van der Waals surface area contributed by atoms with Gasteiger partial charge in [-0.3, -0.25) is 0 Å². The summed E-state index contributed by atoms with van der Waals surface area (Å²) in [6.45, 7) is 0.566. The van der Waals surface area contributed by atoms with Crippen molar-refractivity contribution in [1.29, 1.82) is 0 Å². The summed E-state index contributed by atoms with van der Waals surface area (Å²) in [5.74, 6) is -2.26. The third-order valence-electron chi connectivity index (χ3n) is 2.61. The molecule has 0 unspecified atom stereocenters. The molecule has 0 radical (unpaired) electrons. The first kappa shape index (κ1) is 11.9. The molecular formula is C9H18O5. The van der Waals surface area contributed by atoms with Crippen LogP contribution >= 0.6 is 0 Å². The van der Waals surface area contributed by atoms with E-state index in [2.05, 4.69) is 0 Å². The van der Waals surface area contributed by atoms with Crippen LogP contribution in [0.15, 0.2) is 0 Å². The molecule has 0 aliphatic carbocycles. The first-order chi connectivity index (χ1) is 6.70. The fraction of sp³-hybridized carbons (Fsp3) is 1.00. The summed E-state index contributed by atoms with van der Waals surface area (Å²) in [4.78, 5) is 0. The Kier molecular flexibility index (Phi) is 3.86. The van der Waals surface area contributed by atoms with E-state index in [1.165, 1.54) is 14.2 Å². The Labute approximate surface area is 84.2 Å². The van der Waals surface area contributed by atoms with Crippen molar-refractivity contribution in [3.05, 3.63) is 0 Å². The molecule has 1 fully saturated rings. The minimum Gasteiger partial charge on any atom is -0.347 e. The Balaban J connectivity index is 2.96. The minimum atomic E-state index is -1.27. The molecule has 14 heavy (non-hydrogen) atoms. The summed E-state index contributed by atoms with van der Waals surface area (Å²) >= 11 is 0. The molecule has 0 aromatic heterocycles. The lowest BCUT2D eigenvalue weighted by molar-refractivity contribution is -0.494. The van der Waals surface area contributed by atoms with Gasteiger partial charge < -0.3 is 23.7 Å². The zero-order valence-electron chi connectivity index (χ0n) is 9.16. The molecule has 0 amide bonds. The van der Waals surface area contributed by atoms with Crippen molar-refractivity contribution in [2.24, 2.45) is 0 Å². The third-order valence-corrected chi connectivity index (χ3v) is 2.61. The van der Waals surface area contributed by atoms with Gasteiger partial charge in [0.25, 0.3) is 5.79 Å². The number of hydrogen-bond donors (Lipinski definition) is 0. The van der Waals surface area contributed by atoms with E-state index in [4.69, 9.17) is 23.7 Å². The van der Waals surface area contributed by atoms with Crippen molar-refractivity contribution in [1.82, 2.24) is 0 Å². The second kappa shape index (κ2) is 4.55. The Morgan fingerprint density at radius 3 is 1.86 bits per heavy atom. The molecule has 0 N–H and O–H groups in total. The molecule has 84 valence electrons. The average molecular weight is 206 g/mol. The molecule has 0 saturated carbocycles. The molecule has 1 saturated heterocycles. The third kappa shape index (κ3) is 1.55. The molecule has 1 aliphatic heterocycles. The molecule has 1 heterocycles. The summed E-state index contributed by atoms with van der Waals surface area (Å²) in [6, 6.07) is 0. The van der Waals surface area contributed by atoms with Crippen molar-refractivity contribution in [3.8, 4) is 0 Å². The Morgan fingerprint density at radius 2 is 1.50 bits per heavy atom. The van der Waals surface area contributed by atoms with E-state index < -0.39 is 11.8 Å². The van der Waals surface area contributed by atoms with E-state index in [0.717, 1.165) is 6.42 Å². The van der Waals surface area contributed by atoms with Gasteiger partial charge >= 0.3 is 5.97 Å². The predicted molar refractivity (Wildman–Crippen MR) is 48.7 cm³/mol. The highest BCUT2D eigenvalue weighted by Gasteiger charge is 2.58. The van der Waals surface area contributed by atoms with Gasteiger partial charge in [0.1, 0.15) is 0 Å². The molecule has 5 heteroatoms. The number of ether oxygens (including phenoxy) is 5. The molecule has 5 nitrogen and oxygen atoms in total. The van der Waals surface area contributed by atoms with Gasteiger partial charge in [-0.15, -0.1) is 0 Å². The Bertz CT molecular complexity index is 154. The summed E-state index contributed by atoms with van der Waals surface area (Å²) in [5, 5.41) is 0. The van der Waals surface area contributed by atoms with Gasteiger partial charge in [0.05, 0.1) is 6.61 Å². The van der Waals surface area contributed by atoms with Crippen LogP contribution < -0.4 is 0 Å². The van der Waals surface area contributed by atoms with E-state index in [9.17, 15) is 0 Å². The maximum atomic E-state index is 5.47. The molecule has 0 bridgehead atoms. The summed E-state index contributed by atoms with van der Waals surface area (Å²) in [5.41, 5.74) is 0. The Hall–Kier alpha value is -0.200. The maximum Gasteiger partial charge on any atom is 0.340 e. The van der Waals surface area contributed by atoms with E-state index >= 15 is 0 Å². The second-order valence-corrected chi connectivity index (χ2v) is 3.08. The lowest BCUT2D eigenvalue weighted by Gasteiger charge is -2.47.